The lowest BCUT2D eigenvalue weighted by atomic mass is 10.1. The van der Waals surface area contributed by atoms with Crippen LogP contribution in [0.2, 0.25) is 10.0 Å². The summed E-state index contributed by atoms with van der Waals surface area (Å²) >= 11 is 12.2. The van der Waals surface area contributed by atoms with Crippen molar-refractivity contribution in [3.05, 3.63) is 69.5 Å². The summed E-state index contributed by atoms with van der Waals surface area (Å²) in [6.45, 7) is 6.35. The lowest BCUT2D eigenvalue weighted by molar-refractivity contribution is 0.0942. The zero-order valence-electron chi connectivity index (χ0n) is 16.9. The van der Waals surface area contributed by atoms with E-state index < -0.39 is 0 Å². The van der Waals surface area contributed by atoms with Crippen molar-refractivity contribution in [1.29, 1.82) is 0 Å². The summed E-state index contributed by atoms with van der Waals surface area (Å²) in [5.74, 6) is 0.161. The molecule has 156 valence electrons. The highest BCUT2D eigenvalue weighted by Crippen LogP contribution is 2.29. The average molecular weight is 444 g/mol. The summed E-state index contributed by atoms with van der Waals surface area (Å²) in [5, 5.41) is 12.6. The highest BCUT2D eigenvalue weighted by Gasteiger charge is 2.25. The maximum Gasteiger partial charge on any atom is 0.273 e. The van der Waals surface area contributed by atoms with Gasteiger partial charge in [-0.25, -0.2) is 4.68 Å². The minimum Gasteiger partial charge on any atom is -0.371 e. The summed E-state index contributed by atoms with van der Waals surface area (Å²) in [6, 6.07) is 13.3. The minimum absolute atomic E-state index is 0.210. The van der Waals surface area contributed by atoms with Crippen molar-refractivity contribution in [3.63, 3.8) is 0 Å². The molecule has 1 saturated heterocycles. The van der Waals surface area contributed by atoms with Crippen molar-refractivity contribution in [2.24, 2.45) is 5.92 Å². The third kappa shape index (κ3) is 4.30. The Morgan fingerprint density at radius 3 is 2.77 bits per heavy atom. The highest BCUT2D eigenvalue weighted by molar-refractivity contribution is 6.31. The van der Waals surface area contributed by atoms with Crippen LogP contribution in [0.4, 0.5) is 5.69 Å². The average Bonchev–Trinajstić information content (AvgIpc) is 3.35. The van der Waals surface area contributed by atoms with E-state index >= 15 is 0 Å². The molecule has 6 nitrogen and oxygen atoms in total. The van der Waals surface area contributed by atoms with Crippen LogP contribution in [0.15, 0.2) is 42.5 Å². The summed E-state index contributed by atoms with van der Waals surface area (Å²) in [4.78, 5) is 15.0. The molecule has 0 aliphatic carbocycles. The normalized spacial score (nSPS) is 16.1. The van der Waals surface area contributed by atoms with E-state index in [0.717, 1.165) is 35.9 Å². The van der Waals surface area contributed by atoms with Gasteiger partial charge in [-0.15, -0.1) is 5.10 Å². The Labute approximate surface area is 185 Å². The van der Waals surface area contributed by atoms with E-state index in [1.54, 1.807) is 16.8 Å². The van der Waals surface area contributed by atoms with Crippen LogP contribution in [0, 0.1) is 19.8 Å². The number of nitrogens with one attached hydrogen (secondary N) is 1. The Kier molecular flexibility index (Phi) is 5.97. The number of carbonyl (C=O) groups is 1. The smallest absolute Gasteiger partial charge is 0.273 e. The Bertz CT molecular complexity index is 1080. The monoisotopic (exact) mass is 443 g/mol. The largest absolute Gasteiger partial charge is 0.371 e. The molecule has 4 rings (SSSR count). The number of hydrogen-bond acceptors (Lipinski definition) is 4. The van der Waals surface area contributed by atoms with Gasteiger partial charge in [-0.2, -0.15) is 0 Å². The van der Waals surface area contributed by atoms with Crippen molar-refractivity contribution in [2.45, 2.75) is 20.3 Å². The molecule has 0 spiro atoms. The molecule has 1 N–H and O–H groups in total. The molecule has 1 fully saturated rings. The molecule has 30 heavy (non-hydrogen) atoms. The fraction of sp³-hybridized carbons (Fsp3) is 0.318. The first kappa shape index (κ1) is 20.7. The molecule has 2 heterocycles. The molecule has 0 bridgehead atoms. The van der Waals surface area contributed by atoms with Gasteiger partial charge >= 0.3 is 0 Å². The zero-order valence-corrected chi connectivity index (χ0v) is 18.4. The molecule has 1 amide bonds. The van der Waals surface area contributed by atoms with Gasteiger partial charge in [0.25, 0.3) is 5.91 Å². The van der Waals surface area contributed by atoms with Crippen LogP contribution in [0.5, 0.6) is 0 Å². The number of nitrogens with zero attached hydrogens (tertiary/aromatic N) is 4. The molecule has 0 saturated carbocycles. The Morgan fingerprint density at radius 2 is 1.97 bits per heavy atom. The Morgan fingerprint density at radius 1 is 1.17 bits per heavy atom. The molecular weight excluding hydrogens is 421 g/mol. The number of amides is 1. The summed E-state index contributed by atoms with van der Waals surface area (Å²) < 4.78 is 1.63. The molecule has 1 aliphatic heterocycles. The van der Waals surface area contributed by atoms with E-state index in [2.05, 4.69) is 27.5 Å². The van der Waals surface area contributed by atoms with Crippen LogP contribution >= 0.6 is 23.2 Å². The fourth-order valence-electron chi connectivity index (χ4n) is 3.85. The predicted molar refractivity (Wildman–Crippen MR) is 120 cm³/mol. The van der Waals surface area contributed by atoms with Gasteiger partial charge in [-0.1, -0.05) is 40.5 Å². The fourth-order valence-corrected chi connectivity index (χ4v) is 4.21. The SMILES string of the molecule is Cc1ccc(Cl)cc1N1CC[C@H](CNC(=O)c2nnn(-c3cccc(Cl)c3)c2C)C1. The number of carbonyl (C=O) groups excluding carboxylic acids is 1. The number of halogens is 2. The van der Waals surface area contributed by atoms with Crippen molar-refractivity contribution in [1.82, 2.24) is 20.3 Å². The van der Waals surface area contributed by atoms with E-state index in [0.29, 0.717) is 28.9 Å². The van der Waals surface area contributed by atoms with Crippen LogP contribution < -0.4 is 10.2 Å². The quantitative estimate of drug-likeness (QED) is 0.632. The summed E-state index contributed by atoms with van der Waals surface area (Å²) in [5.41, 5.74) is 4.15. The maximum atomic E-state index is 12.7. The molecule has 2 aromatic carbocycles. The number of anilines is 1. The van der Waals surface area contributed by atoms with E-state index in [1.807, 2.05) is 37.3 Å². The lowest BCUT2D eigenvalue weighted by Gasteiger charge is -2.21. The Balaban J connectivity index is 1.38. The number of rotatable bonds is 5. The van der Waals surface area contributed by atoms with E-state index in [-0.39, 0.29) is 5.91 Å². The van der Waals surface area contributed by atoms with Crippen LogP contribution in [-0.2, 0) is 0 Å². The van der Waals surface area contributed by atoms with Gasteiger partial charge in [-0.05, 0) is 62.1 Å². The van der Waals surface area contributed by atoms with Gasteiger partial charge in [0.1, 0.15) is 0 Å². The van der Waals surface area contributed by atoms with E-state index in [1.165, 1.54) is 5.56 Å². The van der Waals surface area contributed by atoms with Crippen LogP contribution in [0.1, 0.15) is 28.2 Å². The van der Waals surface area contributed by atoms with Gasteiger partial charge in [0.2, 0.25) is 0 Å². The first-order chi connectivity index (χ1) is 14.4. The van der Waals surface area contributed by atoms with Crippen LogP contribution in [0.3, 0.4) is 0 Å². The van der Waals surface area contributed by atoms with E-state index in [9.17, 15) is 4.79 Å². The van der Waals surface area contributed by atoms with E-state index in [4.69, 9.17) is 23.2 Å². The predicted octanol–water partition coefficient (Wildman–Crippen LogP) is 4.45. The molecule has 0 radical (unpaired) electrons. The zero-order chi connectivity index (χ0) is 21.3. The number of benzene rings is 2. The number of hydrogen-bond donors (Lipinski definition) is 1. The standard InChI is InChI=1S/C22H23Cl2N5O/c1-14-6-7-18(24)11-20(14)28-9-8-16(13-28)12-25-22(30)21-15(2)29(27-26-21)19-5-3-4-17(23)10-19/h3-7,10-11,16H,8-9,12-13H2,1-2H3,(H,25,30)/t16-/m1/s1. The van der Waals surface area contributed by atoms with Gasteiger partial charge in [0.15, 0.2) is 5.69 Å². The summed E-state index contributed by atoms with van der Waals surface area (Å²) in [7, 11) is 0. The molecular formula is C22H23Cl2N5O. The third-order valence-corrected chi connectivity index (χ3v) is 5.98. The minimum atomic E-state index is -0.210. The molecule has 1 aliphatic rings. The van der Waals surface area contributed by atoms with Crippen molar-refractivity contribution in [3.8, 4) is 5.69 Å². The third-order valence-electron chi connectivity index (χ3n) is 5.51. The highest BCUT2D eigenvalue weighted by atomic mass is 35.5. The first-order valence-electron chi connectivity index (χ1n) is 9.90. The van der Waals surface area contributed by atoms with Gasteiger partial charge in [-0.3, -0.25) is 4.79 Å². The van der Waals surface area contributed by atoms with Gasteiger partial charge < -0.3 is 10.2 Å². The topological polar surface area (TPSA) is 63.1 Å². The molecule has 3 aromatic rings. The van der Waals surface area contributed by atoms with Crippen LogP contribution in [-0.4, -0.2) is 40.5 Å². The van der Waals surface area contributed by atoms with Gasteiger partial charge in [0.05, 0.1) is 11.4 Å². The second-order valence-electron chi connectivity index (χ2n) is 7.66. The molecule has 0 unspecified atom stereocenters. The van der Waals surface area contributed by atoms with Crippen molar-refractivity contribution >= 4 is 34.8 Å². The maximum absolute atomic E-state index is 12.7. The van der Waals surface area contributed by atoms with Crippen LogP contribution in [0.25, 0.3) is 5.69 Å². The second kappa shape index (κ2) is 8.66. The molecule has 8 heteroatoms. The summed E-state index contributed by atoms with van der Waals surface area (Å²) in [6.07, 6.45) is 1.01. The number of aromatic nitrogens is 3. The second-order valence-corrected chi connectivity index (χ2v) is 8.53. The first-order valence-corrected chi connectivity index (χ1v) is 10.7. The number of aryl methyl sites for hydroxylation is 1. The molecule has 1 aromatic heterocycles. The lowest BCUT2D eigenvalue weighted by Crippen LogP contribution is -2.31. The van der Waals surface area contributed by atoms with Crippen molar-refractivity contribution < 1.29 is 4.79 Å². The van der Waals surface area contributed by atoms with Gasteiger partial charge in [0, 0.05) is 35.4 Å². The Hall–Kier alpha value is -2.57. The van der Waals surface area contributed by atoms with Crippen molar-refractivity contribution in [2.75, 3.05) is 24.5 Å². The molecule has 1 atom stereocenters.